The van der Waals surface area contributed by atoms with E-state index >= 15 is 0 Å². The zero-order chi connectivity index (χ0) is 26.8. The molecule has 1 N–H and O–H groups in total. The fourth-order valence-electron chi connectivity index (χ4n) is 5.30. The Morgan fingerprint density at radius 1 is 0.974 bits per heavy atom. The summed E-state index contributed by atoms with van der Waals surface area (Å²) in [5, 5.41) is 17.5. The normalized spacial score (nSPS) is 15.2. The van der Waals surface area contributed by atoms with Gasteiger partial charge in [0, 0.05) is 42.9 Å². The van der Waals surface area contributed by atoms with E-state index in [2.05, 4.69) is 15.3 Å². The van der Waals surface area contributed by atoms with Crippen LogP contribution in [0.25, 0.3) is 16.9 Å². The van der Waals surface area contributed by atoms with Gasteiger partial charge in [-0.05, 0) is 29.3 Å². The van der Waals surface area contributed by atoms with Crippen LogP contribution in [0.2, 0.25) is 0 Å². The van der Waals surface area contributed by atoms with Gasteiger partial charge in [0.15, 0.2) is 5.92 Å². The maximum atomic E-state index is 13.8. The summed E-state index contributed by atoms with van der Waals surface area (Å²) < 4.78 is 7.18. The van der Waals surface area contributed by atoms with Crippen molar-refractivity contribution in [3.63, 3.8) is 0 Å². The third-order valence-corrected chi connectivity index (χ3v) is 7.28. The maximum absolute atomic E-state index is 13.8. The summed E-state index contributed by atoms with van der Waals surface area (Å²) in [5.41, 5.74) is 6.12. The molecule has 1 unspecified atom stereocenters. The molecule has 1 aliphatic heterocycles. The number of ketones is 1. The van der Waals surface area contributed by atoms with Gasteiger partial charge in [-0.2, -0.15) is 10.4 Å². The Bertz CT molecular complexity index is 1580. The molecule has 1 amide bonds. The van der Waals surface area contributed by atoms with Gasteiger partial charge in [0.25, 0.3) is 0 Å². The van der Waals surface area contributed by atoms with E-state index in [4.69, 9.17) is 4.74 Å². The van der Waals surface area contributed by atoms with Gasteiger partial charge in [-0.1, -0.05) is 60.7 Å². The van der Waals surface area contributed by atoms with Crippen molar-refractivity contribution in [2.24, 2.45) is 5.92 Å². The molecule has 0 radical (unpaired) electrons. The fraction of sp³-hybridized carbons (Fsp3) is 0.226. The Hall–Kier alpha value is -4.58. The summed E-state index contributed by atoms with van der Waals surface area (Å²) >= 11 is 0. The molecule has 0 bridgehead atoms. The number of para-hydroxylation sites is 2. The summed E-state index contributed by atoms with van der Waals surface area (Å²) in [6.45, 7) is 3.59. The van der Waals surface area contributed by atoms with Crippen LogP contribution in [0.15, 0.2) is 78.9 Å². The van der Waals surface area contributed by atoms with Crippen LogP contribution in [0.5, 0.6) is 0 Å². The molecule has 1 aromatic heterocycles. The van der Waals surface area contributed by atoms with E-state index in [1.807, 2.05) is 78.9 Å². The monoisotopic (exact) mass is 517 g/mol. The highest BCUT2D eigenvalue weighted by Crippen LogP contribution is 2.40. The molecule has 194 valence electrons. The number of anilines is 1. The molecule has 1 aliphatic carbocycles. The van der Waals surface area contributed by atoms with E-state index in [0.29, 0.717) is 31.9 Å². The molecule has 4 aromatic rings. The van der Waals surface area contributed by atoms with Crippen molar-refractivity contribution in [2.45, 2.75) is 13.0 Å². The van der Waals surface area contributed by atoms with Gasteiger partial charge in [-0.15, -0.1) is 0 Å². The van der Waals surface area contributed by atoms with Crippen LogP contribution in [0, 0.1) is 17.2 Å². The predicted octanol–water partition coefficient (Wildman–Crippen LogP) is 4.24. The minimum atomic E-state index is -1.53. The SMILES string of the molecule is N#CC(C(=O)Nc1ccccc1CN1CCOCC1)C(=O)c1nn(-c2ccccc2)c2c1Cc1ccccc1-2. The van der Waals surface area contributed by atoms with Crippen LogP contribution in [-0.2, 0) is 22.5 Å². The van der Waals surface area contributed by atoms with Gasteiger partial charge in [0.2, 0.25) is 11.7 Å². The van der Waals surface area contributed by atoms with Crippen molar-refractivity contribution < 1.29 is 14.3 Å². The Labute approximate surface area is 226 Å². The van der Waals surface area contributed by atoms with Crippen molar-refractivity contribution in [3.05, 3.63) is 101 Å². The Morgan fingerprint density at radius 2 is 1.69 bits per heavy atom. The number of ether oxygens (including phenoxy) is 1. The number of carbonyl (C=O) groups excluding carboxylic acids is 2. The Balaban J connectivity index is 1.30. The van der Waals surface area contributed by atoms with Crippen LogP contribution in [-0.4, -0.2) is 52.7 Å². The van der Waals surface area contributed by atoms with Gasteiger partial charge in [-0.25, -0.2) is 4.68 Å². The number of nitrogens with zero attached hydrogens (tertiary/aromatic N) is 4. The second kappa shape index (κ2) is 10.7. The number of nitriles is 1. The summed E-state index contributed by atoms with van der Waals surface area (Å²) in [6, 6.07) is 27.0. The largest absolute Gasteiger partial charge is 0.379 e. The van der Waals surface area contributed by atoms with Gasteiger partial charge in [0.1, 0.15) is 5.69 Å². The van der Waals surface area contributed by atoms with E-state index in [-0.39, 0.29) is 5.69 Å². The molecule has 0 saturated carbocycles. The number of fused-ring (bicyclic) bond motifs is 3. The van der Waals surface area contributed by atoms with Crippen LogP contribution in [0.4, 0.5) is 5.69 Å². The summed E-state index contributed by atoms with van der Waals surface area (Å²) in [6.07, 6.45) is 0.515. The van der Waals surface area contributed by atoms with Gasteiger partial charge >= 0.3 is 0 Å². The number of hydrogen-bond donors (Lipinski definition) is 1. The van der Waals surface area contributed by atoms with E-state index < -0.39 is 17.6 Å². The van der Waals surface area contributed by atoms with E-state index in [0.717, 1.165) is 46.7 Å². The zero-order valence-corrected chi connectivity index (χ0v) is 21.3. The zero-order valence-electron chi connectivity index (χ0n) is 21.3. The first-order chi connectivity index (χ1) is 19.1. The number of morpholine rings is 1. The molecule has 2 aliphatic rings. The number of Topliss-reactive ketones (excluding diaryl/α,β-unsaturated/α-hetero) is 1. The summed E-state index contributed by atoms with van der Waals surface area (Å²) in [7, 11) is 0. The third-order valence-electron chi connectivity index (χ3n) is 7.28. The first-order valence-corrected chi connectivity index (χ1v) is 13.0. The molecule has 1 fully saturated rings. The number of nitrogens with one attached hydrogen (secondary N) is 1. The lowest BCUT2D eigenvalue weighted by atomic mass is 9.98. The molecule has 1 saturated heterocycles. The molecule has 2 heterocycles. The Kier molecular flexibility index (Phi) is 6.76. The van der Waals surface area contributed by atoms with Crippen molar-refractivity contribution >= 4 is 17.4 Å². The number of amides is 1. The maximum Gasteiger partial charge on any atom is 0.249 e. The molecular weight excluding hydrogens is 490 g/mol. The van der Waals surface area contributed by atoms with Gasteiger partial charge in [-0.3, -0.25) is 14.5 Å². The van der Waals surface area contributed by atoms with Crippen LogP contribution < -0.4 is 5.32 Å². The quantitative estimate of drug-likeness (QED) is 0.256. The van der Waals surface area contributed by atoms with Crippen LogP contribution >= 0.6 is 0 Å². The van der Waals surface area contributed by atoms with Crippen molar-refractivity contribution in [2.75, 3.05) is 31.6 Å². The third kappa shape index (κ3) is 4.74. The Morgan fingerprint density at radius 3 is 2.49 bits per heavy atom. The second-order valence-corrected chi connectivity index (χ2v) is 9.72. The highest BCUT2D eigenvalue weighted by molar-refractivity contribution is 6.16. The molecule has 0 spiro atoms. The van der Waals surface area contributed by atoms with Crippen LogP contribution in [0.1, 0.15) is 27.2 Å². The summed E-state index contributed by atoms with van der Waals surface area (Å²) in [4.78, 5) is 29.4. The van der Waals surface area contributed by atoms with E-state index in [1.54, 1.807) is 10.7 Å². The molecule has 6 rings (SSSR count). The lowest BCUT2D eigenvalue weighted by molar-refractivity contribution is -0.117. The minimum absolute atomic E-state index is 0.161. The van der Waals surface area contributed by atoms with E-state index in [9.17, 15) is 14.9 Å². The van der Waals surface area contributed by atoms with Gasteiger partial charge < -0.3 is 10.1 Å². The lowest BCUT2D eigenvalue weighted by Crippen LogP contribution is -2.36. The number of hydrogen-bond acceptors (Lipinski definition) is 6. The molecule has 3 aromatic carbocycles. The second-order valence-electron chi connectivity index (χ2n) is 9.72. The summed E-state index contributed by atoms with van der Waals surface area (Å²) in [5.74, 6) is -2.79. The first-order valence-electron chi connectivity index (χ1n) is 13.0. The molecule has 8 heteroatoms. The average Bonchev–Trinajstić information content (AvgIpc) is 3.53. The standard InChI is InChI=1S/C31H27N5O3/c32-19-26(31(38)33-27-13-7-5-9-22(27)20-35-14-16-39-17-15-35)30(37)28-25-18-21-8-4-6-12-24(21)29(25)36(34-28)23-10-2-1-3-11-23/h1-13,26H,14-18,20H2,(H,33,38). The van der Waals surface area contributed by atoms with Crippen molar-refractivity contribution in [1.29, 1.82) is 5.26 Å². The fourth-order valence-corrected chi connectivity index (χ4v) is 5.30. The molecular formula is C31H27N5O3. The predicted molar refractivity (Wildman–Crippen MR) is 146 cm³/mol. The number of aromatic nitrogens is 2. The highest BCUT2D eigenvalue weighted by Gasteiger charge is 2.36. The lowest BCUT2D eigenvalue weighted by Gasteiger charge is -2.27. The van der Waals surface area contributed by atoms with Crippen molar-refractivity contribution in [3.8, 4) is 23.0 Å². The smallest absolute Gasteiger partial charge is 0.249 e. The molecule has 39 heavy (non-hydrogen) atoms. The first kappa shape index (κ1) is 24.7. The average molecular weight is 518 g/mol. The number of rotatable bonds is 7. The minimum Gasteiger partial charge on any atom is -0.379 e. The topological polar surface area (TPSA) is 100 Å². The van der Waals surface area contributed by atoms with Crippen molar-refractivity contribution in [1.82, 2.24) is 14.7 Å². The van der Waals surface area contributed by atoms with Crippen LogP contribution in [0.3, 0.4) is 0 Å². The highest BCUT2D eigenvalue weighted by atomic mass is 16.5. The van der Waals surface area contributed by atoms with Gasteiger partial charge in [0.05, 0.1) is 30.7 Å². The molecule has 1 atom stereocenters. The number of carbonyl (C=O) groups is 2. The van der Waals surface area contributed by atoms with E-state index in [1.165, 1.54) is 0 Å². The number of benzene rings is 3. The molecule has 8 nitrogen and oxygen atoms in total.